The van der Waals surface area contributed by atoms with Gasteiger partial charge in [-0.05, 0) is 87.4 Å². The van der Waals surface area contributed by atoms with Crippen molar-refractivity contribution in [1.82, 2.24) is 0 Å². The molecule has 4 saturated carbocycles. The second-order valence-corrected chi connectivity index (χ2v) is 14.8. The van der Waals surface area contributed by atoms with Crippen LogP contribution >= 0.6 is 0 Å². The monoisotopic (exact) mass is 664 g/mol. The maximum absolute atomic E-state index is 12.2. The average molecular weight is 665 g/mol. The summed E-state index contributed by atoms with van der Waals surface area (Å²) in [6, 6.07) is 0. The van der Waals surface area contributed by atoms with Gasteiger partial charge in [-0.3, -0.25) is 19.2 Å². The van der Waals surface area contributed by atoms with Gasteiger partial charge in [0.25, 0.3) is 0 Å². The molecule has 2 aliphatic heterocycles. The summed E-state index contributed by atoms with van der Waals surface area (Å²) in [5.74, 6) is 1.33. The number of rotatable bonds is 6. The van der Waals surface area contributed by atoms with Gasteiger partial charge in [0.15, 0.2) is 0 Å². The number of hydrogen-bond donors (Lipinski definition) is 0. The van der Waals surface area contributed by atoms with E-state index >= 15 is 0 Å². The number of carbonyl (C=O) groups is 5. The van der Waals surface area contributed by atoms with Crippen LogP contribution in [0.15, 0.2) is 0 Å². The van der Waals surface area contributed by atoms with Gasteiger partial charge in [0.2, 0.25) is 6.10 Å². The van der Waals surface area contributed by atoms with Crippen molar-refractivity contribution in [2.45, 2.75) is 152 Å². The van der Waals surface area contributed by atoms with Gasteiger partial charge in [0.1, 0.15) is 5.60 Å². The maximum atomic E-state index is 12.2. The van der Waals surface area contributed by atoms with E-state index in [0.29, 0.717) is 36.7 Å². The summed E-state index contributed by atoms with van der Waals surface area (Å²) in [4.78, 5) is 56.7. The summed E-state index contributed by atoms with van der Waals surface area (Å²) < 4.78 is 20.5. The Kier molecular flexibility index (Phi) is 15.4. The van der Waals surface area contributed by atoms with Crippen molar-refractivity contribution in [3.05, 3.63) is 0 Å². The highest BCUT2D eigenvalue weighted by Crippen LogP contribution is 2.55. The second kappa shape index (κ2) is 17.8. The molecule has 9 unspecified atom stereocenters. The van der Waals surface area contributed by atoms with Crippen LogP contribution in [0, 0.1) is 53.3 Å². The van der Waals surface area contributed by atoms with Crippen molar-refractivity contribution in [2.24, 2.45) is 53.3 Å². The molecule has 6 aliphatic rings. The minimum absolute atomic E-state index is 0. The first-order valence-electron chi connectivity index (χ1n) is 17.7. The van der Waals surface area contributed by atoms with Crippen LogP contribution in [-0.4, -0.2) is 48.2 Å². The number of carbonyl (C=O) groups excluding carboxylic acids is 5. The van der Waals surface area contributed by atoms with E-state index in [-0.39, 0.29) is 62.0 Å². The van der Waals surface area contributed by atoms with Crippen molar-refractivity contribution in [2.75, 3.05) is 6.61 Å². The molecule has 0 aromatic rings. The van der Waals surface area contributed by atoms with Crippen molar-refractivity contribution < 1.29 is 42.9 Å². The lowest BCUT2D eigenvalue weighted by Gasteiger charge is -2.40. The molecule has 270 valence electrons. The van der Waals surface area contributed by atoms with E-state index in [9.17, 15) is 24.0 Å². The SMILES string of the molecule is C.C.CC1C(=O)OC(=O)C1C.CC1C2CC(C(=O)OC3CCOC3=O)C(C2)C1C.CCC(C)C(=O)OC1(C2CCCCC2)CCCC1. The highest BCUT2D eigenvalue weighted by molar-refractivity contribution is 5.95. The zero-order valence-corrected chi connectivity index (χ0v) is 28.3. The number of esters is 5. The van der Waals surface area contributed by atoms with E-state index in [1.54, 1.807) is 13.8 Å². The lowest BCUT2D eigenvalue weighted by atomic mass is 9.75. The van der Waals surface area contributed by atoms with Gasteiger partial charge in [0.05, 0.1) is 30.3 Å². The van der Waals surface area contributed by atoms with Crippen LogP contribution in [0.1, 0.15) is 140 Å². The molecule has 6 fully saturated rings. The van der Waals surface area contributed by atoms with Crippen molar-refractivity contribution >= 4 is 29.8 Å². The third-order valence-electron chi connectivity index (χ3n) is 12.2. The molecule has 2 heterocycles. The Hall–Kier alpha value is -2.45. The first kappa shape index (κ1) is 40.7. The average Bonchev–Trinajstić information content (AvgIpc) is 3.87. The minimum atomic E-state index is -0.649. The van der Waals surface area contributed by atoms with Crippen LogP contribution in [0.3, 0.4) is 0 Å². The zero-order chi connectivity index (χ0) is 32.9. The Labute approximate surface area is 283 Å². The largest absolute Gasteiger partial charge is 0.463 e. The molecular weight excluding hydrogens is 600 g/mol. The van der Waals surface area contributed by atoms with Gasteiger partial charge >= 0.3 is 29.8 Å². The standard InChI is InChI=1S/C16H28O2.C14H20O4.C6H8O3.2CH4/c1-3-13(2)15(17)18-16(11-7-8-12-16)14-9-5-4-6-10-14;1-7-8(2)10-5-9(7)6-11(10)13(15)18-12-3-4-17-14(12)16;1-3-4(2)6(8)9-5(3)7;;/h13-14H,3-12H2,1-2H3;7-12H,3-6H2,1-2H3;3-4H,1-2H3;2*1H4. The molecule has 9 heteroatoms. The molecule has 4 aliphatic carbocycles. The van der Waals surface area contributed by atoms with Gasteiger partial charge in [0, 0.05) is 6.42 Å². The molecule has 2 bridgehead atoms. The molecular formula is C38H64O9. The zero-order valence-electron chi connectivity index (χ0n) is 28.3. The Morgan fingerprint density at radius 2 is 1.43 bits per heavy atom. The fraction of sp³-hybridized carbons (Fsp3) is 0.868. The molecule has 2 saturated heterocycles. The summed E-state index contributed by atoms with van der Waals surface area (Å²) in [7, 11) is 0. The molecule has 0 radical (unpaired) electrons. The van der Waals surface area contributed by atoms with Crippen molar-refractivity contribution in [1.29, 1.82) is 0 Å². The second-order valence-electron chi connectivity index (χ2n) is 14.8. The fourth-order valence-electron chi connectivity index (χ4n) is 8.38. The summed E-state index contributed by atoms with van der Waals surface area (Å²) in [6.45, 7) is 12.3. The number of cyclic esters (lactones) is 3. The van der Waals surface area contributed by atoms with Crippen LogP contribution in [0.5, 0.6) is 0 Å². The van der Waals surface area contributed by atoms with Gasteiger partial charge in [-0.1, -0.05) is 75.7 Å². The Balaban J connectivity index is 0.000000253. The van der Waals surface area contributed by atoms with Crippen molar-refractivity contribution in [3.8, 4) is 0 Å². The first-order chi connectivity index (χ1) is 21.4. The third-order valence-corrected chi connectivity index (χ3v) is 12.2. The Morgan fingerprint density at radius 1 is 0.830 bits per heavy atom. The van der Waals surface area contributed by atoms with Gasteiger partial charge in [-0.15, -0.1) is 0 Å². The van der Waals surface area contributed by atoms with Crippen LogP contribution < -0.4 is 0 Å². The predicted molar refractivity (Wildman–Crippen MR) is 180 cm³/mol. The maximum Gasteiger partial charge on any atom is 0.347 e. The molecule has 47 heavy (non-hydrogen) atoms. The smallest absolute Gasteiger partial charge is 0.347 e. The summed E-state index contributed by atoms with van der Waals surface area (Å²) >= 11 is 0. The highest BCUT2D eigenvalue weighted by atomic mass is 16.6. The molecule has 0 aromatic heterocycles. The lowest BCUT2D eigenvalue weighted by Crippen LogP contribution is -2.42. The van der Waals surface area contributed by atoms with E-state index in [1.165, 1.54) is 44.9 Å². The first-order valence-corrected chi connectivity index (χ1v) is 17.7. The topological polar surface area (TPSA) is 122 Å². The molecule has 0 aromatic carbocycles. The normalized spacial score (nSPS) is 34.3. The van der Waals surface area contributed by atoms with Crippen LogP contribution in [0.25, 0.3) is 0 Å². The molecule has 0 amide bonds. The van der Waals surface area contributed by atoms with Crippen LogP contribution in [-0.2, 0) is 42.9 Å². The quantitative estimate of drug-likeness (QED) is 0.159. The summed E-state index contributed by atoms with van der Waals surface area (Å²) in [5, 5.41) is 0. The molecule has 6 rings (SSSR count). The van der Waals surface area contributed by atoms with Crippen LogP contribution in [0.4, 0.5) is 0 Å². The summed E-state index contributed by atoms with van der Waals surface area (Å²) in [6.07, 6.45) is 14.1. The Bertz CT molecular complexity index is 1050. The van der Waals surface area contributed by atoms with E-state index in [1.807, 2.05) is 6.92 Å². The van der Waals surface area contributed by atoms with Crippen LogP contribution in [0.2, 0.25) is 0 Å². The number of hydrogen-bond acceptors (Lipinski definition) is 9. The fourth-order valence-corrected chi connectivity index (χ4v) is 8.38. The lowest BCUT2D eigenvalue weighted by molar-refractivity contribution is -0.172. The Morgan fingerprint density at radius 3 is 1.87 bits per heavy atom. The van der Waals surface area contributed by atoms with E-state index < -0.39 is 18.0 Å². The van der Waals surface area contributed by atoms with Gasteiger partial charge in [-0.25, -0.2) is 4.79 Å². The van der Waals surface area contributed by atoms with Gasteiger partial charge < -0.3 is 18.9 Å². The summed E-state index contributed by atoms with van der Waals surface area (Å²) in [5.41, 5.74) is -0.0824. The van der Waals surface area contributed by atoms with E-state index in [0.717, 1.165) is 38.0 Å². The molecule has 0 spiro atoms. The predicted octanol–water partition coefficient (Wildman–Crippen LogP) is 7.86. The van der Waals surface area contributed by atoms with Crippen molar-refractivity contribution in [3.63, 3.8) is 0 Å². The van der Waals surface area contributed by atoms with Gasteiger partial charge in [-0.2, -0.15) is 0 Å². The number of ether oxygens (including phenoxy) is 4. The molecule has 9 atom stereocenters. The highest BCUT2D eigenvalue weighted by Gasteiger charge is 2.52. The molecule has 0 N–H and O–H groups in total. The minimum Gasteiger partial charge on any atom is -0.463 e. The van der Waals surface area contributed by atoms with E-state index in [2.05, 4.69) is 25.5 Å². The third kappa shape index (κ3) is 9.38. The van der Waals surface area contributed by atoms with E-state index in [4.69, 9.17) is 14.2 Å². The number of fused-ring (bicyclic) bond motifs is 2. The molecule has 9 nitrogen and oxygen atoms in total.